The number of hydrogen-bond acceptors (Lipinski definition) is 8. The minimum absolute atomic E-state index is 0.0646. The fourth-order valence-electron chi connectivity index (χ4n) is 1.59. The number of nitrogen functional groups attached to an aromatic ring is 1. The number of aromatic nitrogens is 3. The number of nitrogens with one attached hydrogen (secondary N) is 1. The van der Waals surface area contributed by atoms with Crippen LogP contribution in [0.4, 0.5) is 10.9 Å². The van der Waals surface area contributed by atoms with Gasteiger partial charge >= 0.3 is 0 Å². The van der Waals surface area contributed by atoms with E-state index in [-0.39, 0.29) is 11.5 Å². The van der Waals surface area contributed by atoms with Crippen LogP contribution in [0.2, 0.25) is 0 Å². The smallest absolute Gasteiger partial charge is 0.283 e. The number of anilines is 2. The maximum Gasteiger partial charge on any atom is 0.283 e. The zero-order chi connectivity index (χ0) is 14.1. The molecule has 3 aromatic rings. The number of methoxy groups -OCH3 is 1. The Morgan fingerprint density at radius 2 is 2.30 bits per heavy atom. The second kappa shape index (κ2) is 4.78. The van der Waals surface area contributed by atoms with E-state index in [0.717, 1.165) is 16.0 Å². The van der Waals surface area contributed by atoms with Crippen molar-refractivity contribution < 1.29 is 14.2 Å². The maximum atomic E-state index is 11.9. The second-order valence-corrected chi connectivity index (χ2v) is 4.84. The van der Waals surface area contributed by atoms with Crippen LogP contribution >= 0.6 is 11.3 Å². The molecule has 0 saturated carbocycles. The Labute approximate surface area is 116 Å². The van der Waals surface area contributed by atoms with Gasteiger partial charge in [0, 0.05) is 0 Å². The molecule has 1 amide bonds. The van der Waals surface area contributed by atoms with Gasteiger partial charge in [0.2, 0.25) is 11.5 Å². The Kier molecular flexibility index (Phi) is 2.95. The van der Waals surface area contributed by atoms with Gasteiger partial charge in [-0.2, -0.15) is 0 Å². The number of benzene rings is 1. The number of thiazole rings is 1. The lowest BCUT2D eigenvalue weighted by Gasteiger charge is -1.96. The van der Waals surface area contributed by atoms with Gasteiger partial charge in [-0.3, -0.25) is 10.1 Å². The minimum Gasteiger partial charge on any atom is -0.497 e. The number of hydrogen-bond donors (Lipinski definition) is 2. The lowest BCUT2D eigenvalue weighted by molar-refractivity contribution is 0.101. The second-order valence-electron chi connectivity index (χ2n) is 3.80. The number of rotatable bonds is 3. The summed E-state index contributed by atoms with van der Waals surface area (Å²) in [5.41, 5.74) is 6.14. The highest BCUT2D eigenvalue weighted by molar-refractivity contribution is 7.22. The van der Waals surface area contributed by atoms with Crippen LogP contribution in [0.3, 0.4) is 0 Å². The lowest BCUT2D eigenvalue weighted by atomic mass is 10.3. The molecule has 2 heterocycles. The average Bonchev–Trinajstić information content (AvgIpc) is 3.03. The molecule has 0 aliphatic heterocycles. The third-order valence-corrected chi connectivity index (χ3v) is 3.48. The van der Waals surface area contributed by atoms with Crippen LogP contribution in [0.1, 0.15) is 10.5 Å². The molecule has 0 fully saturated rings. The highest BCUT2D eigenvalue weighted by Crippen LogP contribution is 2.29. The van der Waals surface area contributed by atoms with Crippen molar-refractivity contribution in [3.05, 3.63) is 23.9 Å². The van der Waals surface area contributed by atoms with Gasteiger partial charge in [-0.1, -0.05) is 11.3 Å². The van der Waals surface area contributed by atoms with E-state index >= 15 is 0 Å². The zero-order valence-corrected chi connectivity index (χ0v) is 11.1. The summed E-state index contributed by atoms with van der Waals surface area (Å²) < 4.78 is 10.4. The molecule has 0 aliphatic carbocycles. The highest BCUT2D eigenvalue weighted by Gasteiger charge is 2.17. The summed E-state index contributed by atoms with van der Waals surface area (Å²) in [6.45, 7) is 0. The molecule has 20 heavy (non-hydrogen) atoms. The Bertz CT molecular complexity index is 781. The topological polar surface area (TPSA) is 116 Å². The Morgan fingerprint density at radius 3 is 3.00 bits per heavy atom. The maximum absolute atomic E-state index is 11.9. The number of nitrogens with zero attached hydrogens (tertiary/aromatic N) is 3. The molecule has 0 atom stereocenters. The molecule has 0 radical (unpaired) electrons. The molecule has 1 aromatic carbocycles. The predicted molar refractivity (Wildman–Crippen MR) is 72.8 cm³/mol. The van der Waals surface area contributed by atoms with E-state index in [2.05, 4.69) is 25.2 Å². The number of carbonyl (C=O) groups excluding carboxylic acids is 1. The number of nitrogens with two attached hydrogens (primary N) is 1. The first kappa shape index (κ1) is 12.4. The molecule has 0 unspecified atom stereocenters. The van der Waals surface area contributed by atoms with E-state index in [1.165, 1.54) is 11.3 Å². The predicted octanol–water partition coefficient (Wildman–Crippen LogP) is 1.52. The molecule has 0 aliphatic rings. The zero-order valence-electron chi connectivity index (χ0n) is 10.3. The van der Waals surface area contributed by atoms with Gasteiger partial charge < -0.3 is 10.5 Å². The van der Waals surface area contributed by atoms with Crippen LogP contribution in [-0.4, -0.2) is 28.3 Å². The van der Waals surface area contributed by atoms with E-state index in [0.29, 0.717) is 5.13 Å². The Hall–Kier alpha value is -2.68. The summed E-state index contributed by atoms with van der Waals surface area (Å²) in [4.78, 5) is 16.2. The number of ether oxygens (including phenoxy) is 1. The van der Waals surface area contributed by atoms with Crippen LogP contribution in [0, 0.1) is 0 Å². The van der Waals surface area contributed by atoms with Crippen molar-refractivity contribution in [1.29, 1.82) is 0 Å². The van der Waals surface area contributed by atoms with Gasteiger partial charge in [-0.25, -0.2) is 9.61 Å². The largest absolute Gasteiger partial charge is 0.497 e. The molecule has 2 aromatic heterocycles. The van der Waals surface area contributed by atoms with Crippen molar-refractivity contribution in [3.8, 4) is 5.75 Å². The Morgan fingerprint density at radius 1 is 1.45 bits per heavy atom. The van der Waals surface area contributed by atoms with E-state index in [4.69, 9.17) is 10.5 Å². The van der Waals surface area contributed by atoms with Gasteiger partial charge in [0.25, 0.3) is 5.91 Å². The fraction of sp³-hybridized carbons (Fsp3) is 0.0909. The van der Waals surface area contributed by atoms with Crippen molar-refractivity contribution in [2.45, 2.75) is 0 Å². The van der Waals surface area contributed by atoms with Gasteiger partial charge in [-0.05, 0) is 28.5 Å². The van der Waals surface area contributed by atoms with E-state index < -0.39 is 5.91 Å². The molecular weight excluding hydrogens is 282 g/mol. The molecule has 3 N–H and O–H groups in total. The summed E-state index contributed by atoms with van der Waals surface area (Å²) in [6.07, 6.45) is 0. The third kappa shape index (κ3) is 2.14. The highest BCUT2D eigenvalue weighted by atomic mass is 32.1. The number of amides is 1. The first-order chi connectivity index (χ1) is 9.67. The molecular formula is C11H9N5O3S. The fourth-order valence-corrected chi connectivity index (χ4v) is 2.48. The van der Waals surface area contributed by atoms with E-state index in [1.54, 1.807) is 13.2 Å². The van der Waals surface area contributed by atoms with Crippen LogP contribution in [-0.2, 0) is 0 Å². The SMILES string of the molecule is COc1ccc2nc(NC(=O)c3nonc3N)sc2c1. The summed E-state index contributed by atoms with van der Waals surface area (Å²) >= 11 is 1.32. The van der Waals surface area contributed by atoms with Gasteiger partial charge in [0.1, 0.15) is 5.75 Å². The van der Waals surface area contributed by atoms with Crippen molar-refractivity contribution in [1.82, 2.24) is 15.3 Å². The summed E-state index contributed by atoms with van der Waals surface area (Å²) in [7, 11) is 1.59. The van der Waals surface area contributed by atoms with E-state index in [1.807, 2.05) is 12.1 Å². The van der Waals surface area contributed by atoms with E-state index in [9.17, 15) is 4.79 Å². The first-order valence-corrected chi connectivity index (χ1v) is 6.33. The molecule has 9 heteroatoms. The van der Waals surface area contributed by atoms with Crippen LogP contribution in [0.5, 0.6) is 5.75 Å². The summed E-state index contributed by atoms with van der Waals surface area (Å²) in [5.74, 6) is 0.143. The molecule has 102 valence electrons. The van der Waals surface area contributed by atoms with Gasteiger partial charge in [0.05, 0.1) is 17.3 Å². The average molecular weight is 291 g/mol. The number of carbonyl (C=O) groups is 1. The van der Waals surface area contributed by atoms with Gasteiger partial charge in [0.15, 0.2) is 5.13 Å². The van der Waals surface area contributed by atoms with Crippen molar-refractivity contribution in [2.24, 2.45) is 0 Å². The molecule has 0 spiro atoms. The minimum atomic E-state index is -0.519. The quantitative estimate of drug-likeness (QED) is 0.751. The van der Waals surface area contributed by atoms with Crippen LogP contribution in [0.25, 0.3) is 10.2 Å². The number of fused-ring (bicyclic) bond motifs is 1. The molecule has 3 rings (SSSR count). The molecule has 0 saturated heterocycles. The van der Waals surface area contributed by atoms with Crippen molar-refractivity contribution in [3.63, 3.8) is 0 Å². The van der Waals surface area contributed by atoms with Crippen LogP contribution < -0.4 is 15.8 Å². The summed E-state index contributed by atoms with van der Waals surface area (Å²) in [6, 6.07) is 5.45. The van der Waals surface area contributed by atoms with Crippen molar-refractivity contribution >= 4 is 38.4 Å². The molecule has 0 bridgehead atoms. The van der Waals surface area contributed by atoms with Gasteiger partial charge in [-0.15, -0.1) is 0 Å². The monoisotopic (exact) mass is 291 g/mol. The third-order valence-electron chi connectivity index (χ3n) is 2.55. The lowest BCUT2D eigenvalue weighted by Crippen LogP contribution is -2.13. The standard InChI is InChI=1S/C11H9N5O3S/c1-18-5-2-3-6-7(4-5)20-11(13-6)14-10(17)8-9(12)16-19-15-8/h2-4H,1H3,(H2,12,16)(H,13,14,17). The Balaban J connectivity index is 1.88. The summed E-state index contributed by atoms with van der Waals surface area (Å²) in [5, 5.41) is 9.80. The first-order valence-electron chi connectivity index (χ1n) is 5.51. The molecule has 8 nitrogen and oxygen atoms in total. The van der Waals surface area contributed by atoms with Crippen molar-refractivity contribution in [2.75, 3.05) is 18.2 Å². The normalized spacial score (nSPS) is 10.7. The van der Waals surface area contributed by atoms with Crippen LogP contribution in [0.15, 0.2) is 22.8 Å².